The number of hydrogen-bond acceptors (Lipinski definition) is 7. The first-order valence-corrected chi connectivity index (χ1v) is 12.3. The minimum atomic E-state index is -1.06. The van der Waals surface area contributed by atoms with E-state index in [0.717, 1.165) is 16.7 Å². The number of carbonyl (C=O) groups excluding carboxylic acids is 1. The number of halogens is 1. The maximum absolute atomic E-state index is 14.1. The Hall–Kier alpha value is -3.52. The van der Waals surface area contributed by atoms with Crippen molar-refractivity contribution < 1.29 is 28.9 Å². The Morgan fingerprint density at radius 2 is 1.97 bits per heavy atom. The van der Waals surface area contributed by atoms with Crippen molar-refractivity contribution in [3.8, 4) is 6.07 Å². The van der Waals surface area contributed by atoms with Gasteiger partial charge in [0.15, 0.2) is 0 Å². The molecule has 2 fully saturated rings. The number of carbonyl (C=O) groups is 2. The van der Waals surface area contributed by atoms with Crippen LogP contribution in [-0.4, -0.2) is 82.3 Å². The maximum Gasteiger partial charge on any atom is 0.407 e. The molecule has 0 aromatic heterocycles. The molecule has 3 heterocycles. The van der Waals surface area contributed by atoms with Crippen molar-refractivity contribution in [2.24, 2.45) is 0 Å². The molecular formula is C27H29FN4O5. The Bertz CT molecular complexity index is 1310. The highest BCUT2D eigenvalue weighted by Gasteiger charge is 2.41. The normalized spacial score (nSPS) is 22.7. The van der Waals surface area contributed by atoms with E-state index in [0.29, 0.717) is 49.4 Å². The number of piperazine rings is 2. The van der Waals surface area contributed by atoms with Crippen LogP contribution in [0.15, 0.2) is 24.3 Å². The summed E-state index contributed by atoms with van der Waals surface area (Å²) in [6, 6.07) is 7.62. The summed E-state index contributed by atoms with van der Waals surface area (Å²) in [5.41, 5.74) is 4.04. The number of aliphatic hydroxyl groups excluding tert-OH is 1. The van der Waals surface area contributed by atoms with Gasteiger partial charge in [0, 0.05) is 50.9 Å². The van der Waals surface area contributed by atoms with Crippen LogP contribution in [0.4, 0.5) is 9.18 Å². The molecule has 2 N–H and O–H groups in total. The number of cyclic esters (lactones) is 1. The van der Waals surface area contributed by atoms with E-state index in [2.05, 4.69) is 9.80 Å². The lowest BCUT2D eigenvalue weighted by Gasteiger charge is -2.50. The quantitative estimate of drug-likeness (QED) is 0.606. The van der Waals surface area contributed by atoms with Gasteiger partial charge in [0.1, 0.15) is 18.5 Å². The number of rotatable bonds is 4. The van der Waals surface area contributed by atoms with Crippen LogP contribution < -0.4 is 0 Å². The first-order chi connectivity index (χ1) is 17.7. The van der Waals surface area contributed by atoms with Crippen LogP contribution in [0.5, 0.6) is 0 Å². The van der Waals surface area contributed by atoms with Gasteiger partial charge in [-0.15, -0.1) is 0 Å². The summed E-state index contributed by atoms with van der Waals surface area (Å²) in [6.45, 7) is 6.85. The second-order valence-corrected chi connectivity index (χ2v) is 10.0. The van der Waals surface area contributed by atoms with Gasteiger partial charge in [-0.2, -0.15) is 5.26 Å². The number of aliphatic hydroxyl groups is 1. The van der Waals surface area contributed by atoms with E-state index in [1.165, 1.54) is 11.0 Å². The Balaban J connectivity index is 1.30. The second kappa shape index (κ2) is 9.74. The van der Waals surface area contributed by atoms with E-state index in [9.17, 15) is 29.5 Å². The molecular weight excluding hydrogens is 479 g/mol. The van der Waals surface area contributed by atoms with Crippen molar-refractivity contribution >= 4 is 12.1 Å². The largest absolute Gasteiger partial charge is 0.465 e. The van der Waals surface area contributed by atoms with Crippen LogP contribution in [0.3, 0.4) is 0 Å². The van der Waals surface area contributed by atoms with Crippen molar-refractivity contribution in [2.75, 3.05) is 39.3 Å². The Morgan fingerprint density at radius 1 is 1.19 bits per heavy atom. The van der Waals surface area contributed by atoms with Gasteiger partial charge < -0.3 is 14.9 Å². The van der Waals surface area contributed by atoms with Crippen molar-refractivity contribution in [1.82, 2.24) is 14.7 Å². The monoisotopic (exact) mass is 508 g/mol. The average molecular weight is 509 g/mol. The van der Waals surface area contributed by atoms with Gasteiger partial charge in [0.2, 0.25) is 0 Å². The van der Waals surface area contributed by atoms with Gasteiger partial charge in [-0.3, -0.25) is 14.7 Å². The van der Waals surface area contributed by atoms with Gasteiger partial charge in [-0.05, 0) is 48.2 Å². The highest BCUT2D eigenvalue weighted by Crippen LogP contribution is 2.34. The number of hydrogen-bond donors (Lipinski definition) is 2. The molecule has 3 aliphatic heterocycles. The molecule has 2 saturated heterocycles. The molecule has 0 bridgehead atoms. The molecule has 2 unspecified atom stereocenters. The molecule has 0 aliphatic carbocycles. The summed E-state index contributed by atoms with van der Waals surface area (Å²) in [5.74, 6) is -0.947. The number of nitrogens with zero attached hydrogens (tertiary/aromatic N) is 4. The topological polar surface area (TPSA) is 117 Å². The first kappa shape index (κ1) is 25.1. The van der Waals surface area contributed by atoms with Gasteiger partial charge in [0.05, 0.1) is 23.3 Å². The van der Waals surface area contributed by atoms with Crippen LogP contribution in [0, 0.1) is 31.0 Å². The number of ether oxygens (including phenoxy) is 1. The lowest BCUT2D eigenvalue weighted by molar-refractivity contribution is -0.0222. The zero-order valence-electron chi connectivity index (χ0n) is 20.8. The minimum Gasteiger partial charge on any atom is -0.465 e. The van der Waals surface area contributed by atoms with Crippen LogP contribution in [0.25, 0.3) is 0 Å². The zero-order valence-corrected chi connectivity index (χ0v) is 20.8. The molecule has 0 radical (unpaired) electrons. The number of benzene rings is 2. The molecule has 1 amide bonds. The smallest absolute Gasteiger partial charge is 0.407 e. The average Bonchev–Trinajstić information content (AvgIpc) is 3.25. The third-order valence-corrected chi connectivity index (χ3v) is 8.05. The molecule has 2 aromatic rings. The molecule has 0 saturated carbocycles. The van der Waals surface area contributed by atoms with Crippen LogP contribution in [-0.2, 0) is 11.3 Å². The predicted molar refractivity (Wildman–Crippen MR) is 130 cm³/mol. The number of fused-ring (bicyclic) bond motifs is 2. The maximum atomic E-state index is 14.1. The number of β-amino-alcohol motifs (C(OH)–C–C–N with tert-alkyl or cyclic N) is 1. The molecule has 9 nitrogen and oxygen atoms in total. The zero-order chi connectivity index (χ0) is 26.4. The summed E-state index contributed by atoms with van der Waals surface area (Å²) in [5, 5.41) is 30.4. The molecule has 194 valence electrons. The number of amides is 1. The fourth-order valence-electron chi connectivity index (χ4n) is 5.95. The minimum absolute atomic E-state index is 0.0541. The summed E-state index contributed by atoms with van der Waals surface area (Å²) in [4.78, 5) is 29.8. The fourth-order valence-corrected chi connectivity index (χ4v) is 5.95. The van der Waals surface area contributed by atoms with Crippen molar-refractivity contribution in [3.63, 3.8) is 0 Å². The van der Waals surface area contributed by atoms with Gasteiger partial charge in [-0.25, -0.2) is 14.0 Å². The molecule has 3 aliphatic rings. The van der Waals surface area contributed by atoms with Gasteiger partial charge in [0.25, 0.3) is 0 Å². The summed E-state index contributed by atoms with van der Waals surface area (Å²) in [6.07, 6.45) is -1.82. The van der Waals surface area contributed by atoms with E-state index < -0.39 is 24.1 Å². The molecule has 2 aromatic carbocycles. The van der Waals surface area contributed by atoms with Crippen LogP contribution >= 0.6 is 0 Å². The fraction of sp³-hybridized carbons (Fsp3) is 0.444. The molecule has 37 heavy (non-hydrogen) atoms. The first-order valence-electron chi connectivity index (χ1n) is 12.3. The number of carboxylic acid groups (broad SMARTS) is 1. The Morgan fingerprint density at radius 3 is 2.70 bits per heavy atom. The van der Waals surface area contributed by atoms with E-state index in [1.807, 2.05) is 13.0 Å². The SMILES string of the molecule is Cc1c(C2CN3CCN(C[C@@H](O)c4ccc5c(c4C)COC5=O)CC3CN2C(=O)O)ccc(F)c1C#N. The second-order valence-electron chi connectivity index (χ2n) is 10.0. The third kappa shape index (κ3) is 4.44. The van der Waals surface area contributed by atoms with Crippen LogP contribution in [0.1, 0.15) is 55.9 Å². The summed E-state index contributed by atoms with van der Waals surface area (Å²) >= 11 is 0. The predicted octanol–water partition coefficient (Wildman–Crippen LogP) is 2.74. The van der Waals surface area contributed by atoms with Crippen LogP contribution in [0.2, 0.25) is 0 Å². The van der Waals surface area contributed by atoms with E-state index >= 15 is 0 Å². The van der Waals surface area contributed by atoms with E-state index in [1.54, 1.807) is 25.1 Å². The lowest BCUT2D eigenvalue weighted by Crippen LogP contribution is -2.63. The Kier molecular flexibility index (Phi) is 6.62. The standard InChI is InChI=1S/C27H29FN4O5/c1-15-18(5-6-23(28)21(15)9-29)24-12-31-8-7-30(10-17(31)11-32(24)27(35)36)13-25(33)19-3-4-20-22(16(19)2)14-37-26(20)34/h3-6,17,24-25,33H,7-8,10-14H2,1-2H3,(H,35,36)/t17?,24?,25-/m1/s1. The van der Waals surface area contributed by atoms with E-state index in [4.69, 9.17) is 4.74 Å². The number of nitriles is 1. The molecule has 0 spiro atoms. The molecule has 3 atom stereocenters. The lowest BCUT2D eigenvalue weighted by atomic mass is 9.92. The van der Waals surface area contributed by atoms with Gasteiger partial charge in [-0.1, -0.05) is 12.1 Å². The molecule has 10 heteroatoms. The number of esters is 1. The van der Waals surface area contributed by atoms with Crippen molar-refractivity contribution in [3.05, 3.63) is 69.0 Å². The molecule has 5 rings (SSSR count). The third-order valence-electron chi connectivity index (χ3n) is 8.05. The highest BCUT2D eigenvalue weighted by molar-refractivity contribution is 5.93. The highest BCUT2D eigenvalue weighted by atomic mass is 19.1. The summed E-state index contributed by atoms with van der Waals surface area (Å²) in [7, 11) is 0. The van der Waals surface area contributed by atoms with Gasteiger partial charge >= 0.3 is 12.1 Å². The van der Waals surface area contributed by atoms with Crippen molar-refractivity contribution in [1.29, 1.82) is 5.26 Å². The Labute approximate surface area is 214 Å². The summed E-state index contributed by atoms with van der Waals surface area (Å²) < 4.78 is 19.2. The van der Waals surface area contributed by atoms with E-state index in [-0.39, 0.29) is 30.7 Å². The van der Waals surface area contributed by atoms with Crippen molar-refractivity contribution in [2.45, 2.75) is 38.6 Å².